The average Bonchev–Trinajstić information content (AvgIpc) is 2.45. The van der Waals surface area contributed by atoms with Gasteiger partial charge in [0.2, 0.25) is 0 Å². The minimum Gasteiger partial charge on any atom is -0.0991 e. The smallest absolute Gasteiger partial charge is 0.0336 e. The second-order valence-electron chi connectivity index (χ2n) is 4.23. The first-order valence-corrected chi connectivity index (χ1v) is 6.89. The van der Waals surface area contributed by atoms with Gasteiger partial charge in [-0.15, -0.1) is 0 Å². The van der Waals surface area contributed by atoms with Crippen LogP contribution < -0.4 is 0 Å². The third-order valence-electron chi connectivity index (χ3n) is 2.91. The van der Waals surface area contributed by atoms with Gasteiger partial charge < -0.3 is 0 Å². The molecule has 106 valence electrons. The quantitative estimate of drug-likeness (QED) is 0.465. The molecule has 0 nitrogen and oxygen atoms in total. The summed E-state index contributed by atoms with van der Waals surface area (Å²) >= 11 is 0. The van der Waals surface area contributed by atoms with E-state index in [1.807, 2.05) is 44.2 Å². The Balaban J connectivity index is 6.10. The second kappa shape index (κ2) is 10.8. The topological polar surface area (TPSA) is 0 Å². The number of rotatable bonds is 8. The van der Waals surface area contributed by atoms with Gasteiger partial charge in [-0.25, -0.2) is 0 Å². The van der Waals surface area contributed by atoms with Crippen LogP contribution in [0.2, 0.25) is 0 Å². The van der Waals surface area contributed by atoms with Crippen LogP contribution in [0.4, 0.5) is 0 Å². The van der Waals surface area contributed by atoms with E-state index < -0.39 is 0 Å². The minimum absolute atomic E-state index is 0.140. The summed E-state index contributed by atoms with van der Waals surface area (Å²) in [5.41, 5.74) is 3.53. The fourth-order valence-corrected chi connectivity index (χ4v) is 2.12. The van der Waals surface area contributed by atoms with Crippen molar-refractivity contribution in [3.8, 4) is 0 Å². The summed E-state index contributed by atoms with van der Waals surface area (Å²) in [7, 11) is 0. The molecule has 0 aliphatic heterocycles. The maximum absolute atomic E-state index is 3.94. The molecule has 0 amide bonds. The monoisotopic (exact) mass is 266 g/mol. The summed E-state index contributed by atoms with van der Waals surface area (Å²) in [4.78, 5) is 0. The summed E-state index contributed by atoms with van der Waals surface area (Å²) in [5.74, 6) is 0.140. The molecule has 0 aromatic heterocycles. The van der Waals surface area contributed by atoms with Crippen molar-refractivity contribution in [1.82, 2.24) is 0 Å². The zero-order valence-electron chi connectivity index (χ0n) is 13.0. The van der Waals surface area contributed by atoms with Crippen molar-refractivity contribution in [2.75, 3.05) is 0 Å². The largest absolute Gasteiger partial charge is 0.0991 e. The molecule has 1 atom stereocenters. The van der Waals surface area contributed by atoms with Crippen molar-refractivity contribution in [2.24, 2.45) is 5.92 Å². The third kappa shape index (κ3) is 5.27. The van der Waals surface area contributed by atoms with Crippen LogP contribution in [0.1, 0.15) is 20.8 Å². The maximum Gasteiger partial charge on any atom is 0.0336 e. The van der Waals surface area contributed by atoms with Gasteiger partial charge in [-0.05, 0) is 37.5 Å². The van der Waals surface area contributed by atoms with E-state index in [0.717, 1.165) is 5.57 Å². The lowest BCUT2D eigenvalue weighted by molar-refractivity contribution is 0.901. The molecule has 1 unspecified atom stereocenters. The summed E-state index contributed by atoms with van der Waals surface area (Å²) in [6, 6.07) is 0. The highest BCUT2D eigenvalue weighted by Crippen LogP contribution is 2.31. The van der Waals surface area contributed by atoms with Crippen LogP contribution in [0.5, 0.6) is 0 Å². The van der Waals surface area contributed by atoms with E-state index in [2.05, 4.69) is 51.0 Å². The SMILES string of the molecule is C=C/C=C(\C=C)C(C(/C=C\C)=C/C)C(/C=C\C)=C/C=C. The predicted molar refractivity (Wildman–Crippen MR) is 93.6 cm³/mol. The van der Waals surface area contributed by atoms with Crippen molar-refractivity contribution in [1.29, 1.82) is 0 Å². The fourth-order valence-electron chi connectivity index (χ4n) is 2.12. The third-order valence-corrected chi connectivity index (χ3v) is 2.91. The molecule has 0 heterocycles. The maximum atomic E-state index is 3.94. The molecule has 0 spiro atoms. The van der Waals surface area contributed by atoms with Gasteiger partial charge in [-0.2, -0.15) is 0 Å². The van der Waals surface area contributed by atoms with Crippen LogP contribution >= 0.6 is 0 Å². The second-order valence-corrected chi connectivity index (χ2v) is 4.23. The molecule has 0 aromatic carbocycles. The predicted octanol–water partition coefficient (Wildman–Crippen LogP) is 6.11. The van der Waals surface area contributed by atoms with Gasteiger partial charge in [0.05, 0.1) is 0 Å². The average molecular weight is 266 g/mol. The van der Waals surface area contributed by atoms with Crippen LogP contribution in [-0.4, -0.2) is 0 Å². The molecule has 0 fully saturated rings. The Morgan fingerprint density at radius 2 is 1.25 bits per heavy atom. The van der Waals surface area contributed by atoms with E-state index in [0.29, 0.717) is 0 Å². The lowest BCUT2D eigenvalue weighted by Crippen LogP contribution is -2.08. The van der Waals surface area contributed by atoms with Crippen molar-refractivity contribution in [2.45, 2.75) is 20.8 Å². The molecule has 0 aromatic rings. The highest BCUT2D eigenvalue weighted by Gasteiger charge is 2.17. The van der Waals surface area contributed by atoms with Crippen LogP contribution in [-0.2, 0) is 0 Å². The highest BCUT2D eigenvalue weighted by atomic mass is 14.2. The first-order valence-electron chi connectivity index (χ1n) is 6.89. The van der Waals surface area contributed by atoms with E-state index in [9.17, 15) is 0 Å². The van der Waals surface area contributed by atoms with E-state index in [1.54, 1.807) is 6.08 Å². The zero-order chi connectivity index (χ0) is 15.4. The Hall–Kier alpha value is -2.08. The van der Waals surface area contributed by atoms with Crippen LogP contribution in [0.3, 0.4) is 0 Å². The molecule has 0 heteroatoms. The van der Waals surface area contributed by atoms with Gasteiger partial charge in [0.25, 0.3) is 0 Å². The molecule has 20 heavy (non-hydrogen) atoms. The molecule has 0 aliphatic carbocycles. The van der Waals surface area contributed by atoms with E-state index >= 15 is 0 Å². The molecule has 0 aliphatic rings. The summed E-state index contributed by atoms with van der Waals surface area (Å²) in [5, 5.41) is 0. The van der Waals surface area contributed by atoms with Gasteiger partial charge in [0.1, 0.15) is 0 Å². The minimum atomic E-state index is 0.140. The number of allylic oxidation sites excluding steroid dienone is 13. The van der Waals surface area contributed by atoms with Gasteiger partial charge in [-0.3, -0.25) is 0 Å². The van der Waals surface area contributed by atoms with E-state index in [4.69, 9.17) is 0 Å². The van der Waals surface area contributed by atoms with Gasteiger partial charge >= 0.3 is 0 Å². The standard InChI is InChI=1S/C20H26/c1-7-13-17(11-5)20(18(12-6)14-8-2)19(15-9-3)16-10-4/h7-16,20H,1,3,5H2,2,4,6H3/b14-8-,16-10-,17-13+,18-12+,19-15+. The molecule has 0 saturated carbocycles. The molecule has 0 N–H and O–H groups in total. The van der Waals surface area contributed by atoms with Crippen LogP contribution in [0, 0.1) is 5.92 Å². The Morgan fingerprint density at radius 1 is 0.750 bits per heavy atom. The van der Waals surface area contributed by atoms with Crippen LogP contribution in [0.25, 0.3) is 0 Å². The lowest BCUT2D eigenvalue weighted by atomic mass is 9.82. The molecule has 0 saturated heterocycles. The Morgan fingerprint density at radius 3 is 1.65 bits per heavy atom. The molecular weight excluding hydrogens is 240 g/mol. The zero-order valence-corrected chi connectivity index (χ0v) is 13.0. The van der Waals surface area contributed by atoms with Crippen molar-refractivity contribution in [3.05, 3.63) is 97.2 Å². The van der Waals surface area contributed by atoms with E-state index in [-0.39, 0.29) is 5.92 Å². The molecular formula is C20H26. The molecule has 0 radical (unpaired) electrons. The van der Waals surface area contributed by atoms with Gasteiger partial charge in [0.15, 0.2) is 0 Å². The summed E-state index contributed by atoms with van der Waals surface area (Å²) in [6.07, 6.45) is 20.0. The Bertz CT molecular complexity index is 476. The first-order chi connectivity index (χ1) is 9.69. The highest BCUT2D eigenvalue weighted by molar-refractivity contribution is 5.47. The lowest BCUT2D eigenvalue weighted by Gasteiger charge is -2.21. The molecule has 0 rings (SSSR count). The van der Waals surface area contributed by atoms with Crippen molar-refractivity contribution < 1.29 is 0 Å². The Kier molecular flexibility index (Phi) is 9.68. The number of hydrogen-bond acceptors (Lipinski definition) is 0. The van der Waals surface area contributed by atoms with Crippen molar-refractivity contribution in [3.63, 3.8) is 0 Å². The Labute approximate surface area is 124 Å². The van der Waals surface area contributed by atoms with Gasteiger partial charge in [0, 0.05) is 5.92 Å². The summed E-state index contributed by atoms with van der Waals surface area (Å²) < 4.78 is 0. The normalized spacial score (nSPS) is 15.7. The van der Waals surface area contributed by atoms with Gasteiger partial charge in [-0.1, -0.05) is 80.5 Å². The van der Waals surface area contributed by atoms with Crippen molar-refractivity contribution >= 4 is 0 Å². The molecule has 0 bridgehead atoms. The summed E-state index contributed by atoms with van der Waals surface area (Å²) in [6.45, 7) is 17.6. The van der Waals surface area contributed by atoms with E-state index in [1.165, 1.54) is 11.1 Å². The fraction of sp³-hybridized carbons (Fsp3) is 0.200. The first kappa shape index (κ1) is 17.9. The number of hydrogen-bond donors (Lipinski definition) is 0. The van der Waals surface area contributed by atoms with Crippen LogP contribution in [0.15, 0.2) is 97.2 Å².